The van der Waals surface area contributed by atoms with Crippen molar-refractivity contribution < 1.29 is 13.6 Å². The summed E-state index contributed by atoms with van der Waals surface area (Å²) in [5.74, 6) is -1.24. The molecule has 6 heteroatoms. The summed E-state index contributed by atoms with van der Waals surface area (Å²) >= 11 is 3.17. The van der Waals surface area contributed by atoms with Gasteiger partial charge in [0.25, 0.3) is 5.91 Å². The average Bonchev–Trinajstić information content (AvgIpc) is 2.68. The van der Waals surface area contributed by atoms with Crippen LogP contribution in [0.15, 0.2) is 40.9 Å². The number of hydrogen-bond acceptors (Lipinski definition) is 2. The average molecular weight is 339 g/mol. The van der Waals surface area contributed by atoms with Crippen LogP contribution in [0.5, 0.6) is 0 Å². The lowest BCUT2D eigenvalue weighted by molar-refractivity contribution is -0.116. The number of carbonyl (C=O) groups is 1. The summed E-state index contributed by atoms with van der Waals surface area (Å²) in [5, 5.41) is 5.40. The molecule has 0 saturated heterocycles. The van der Waals surface area contributed by atoms with Crippen molar-refractivity contribution in [3.63, 3.8) is 0 Å². The summed E-state index contributed by atoms with van der Waals surface area (Å²) in [7, 11) is 0. The molecular formula is C14H9BrF2N2O. The van der Waals surface area contributed by atoms with Gasteiger partial charge in [0.05, 0.1) is 5.69 Å². The third-order valence-corrected chi connectivity index (χ3v) is 3.57. The number of benzene rings is 2. The van der Waals surface area contributed by atoms with Gasteiger partial charge in [0.2, 0.25) is 0 Å². The van der Waals surface area contributed by atoms with E-state index in [1.165, 1.54) is 30.3 Å². The van der Waals surface area contributed by atoms with Gasteiger partial charge in [-0.3, -0.25) is 4.79 Å². The number of carbonyl (C=O) groups excluding carboxylic acids is 1. The quantitative estimate of drug-likeness (QED) is 0.873. The summed E-state index contributed by atoms with van der Waals surface area (Å²) in [6.45, 7) is 0. The minimum Gasteiger partial charge on any atom is -0.368 e. The first kappa shape index (κ1) is 13.1. The highest BCUT2D eigenvalue weighted by Gasteiger charge is 2.31. The summed E-state index contributed by atoms with van der Waals surface area (Å²) < 4.78 is 27.5. The monoisotopic (exact) mass is 338 g/mol. The predicted octanol–water partition coefficient (Wildman–Crippen LogP) is 3.83. The molecule has 3 nitrogen and oxygen atoms in total. The Morgan fingerprint density at radius 2 is 1.95 bits per heavy atom. The molecule has 1 unspecified atom stereocenters. The zero-order valence-electron chi connectivity index (χ0n) is 10.1. The van der Waals surface area contributed by atoms with Crippen molar-refractivity contribution in [3.8, 4) is 0 Å². The lowest BCUT2D eigenvalue weighted by Gasteiger charge is -2.13. The highest BCUT2D eigenvalue weighted by Crippen LogP contribution is 2.34. The van der Waals surface area contributed by atoms with Crippen molar-refractivity contribution in [2.45, 2.75) is 6.04 Å². The maximum atomic E-state index is 13.8. The molecule has 20 heavy (non-hydrogen) atoms. The van der Waals surface area contributed by atoms with Crippen molar-refractivity contribution in [3.05, 3.63) is 58.1 Å². The highest BCUT2D eigenvalue weighted by molar-refractivity contribution is 9.10. The third kappa shape index (κ3) is 2.27. The number of fused-ring (bicyclic) bond motifs is 1. The van der Waals surface area contributed by atoms with Crippen LogP contribution >= 0.6 is 15.9 Å². The fourth-order valence-electron chi connectivity index (χ4n) is 2.14. The number of rotatable bonds is 2. The first-order valence-corrected chi connectivity index (χ1v) is 6.66. The van der Waals surface area contributed by atoms with Gasteiger partial charge in [-0.2, -0.15) is 0 Å². The standard InChI is InChI=1S/C14H9BrF2N2O/c15-7-1-4-11(10(17)5-7)18-13-9-3-2-8(16)6-12(9)19-14(13)20/h1-6,13,18H,(H,19,20). The fourth-order valence-corrected chi connectivity index (χ4v) is 2.47. The second-order valence-corrected chi connectivity index (χ2v) is 5.34. The lowest BCUT2D eigenvalue weighted by atomic mass is 10.1. The molecule has 0 saturated carbocycles. The van der Waals surface area contributed by atoms with Gasteiger partial charge in [-0.05, 0) is 30.3 Å². The molecule has 1 amide bonds. The van der Waals surface area contributed by atoms with Gasteiger partial charge in [0.15, 0.2) is 0 Å². The molecule has 0 fully saturated rings. The Kier molecular flexibility index (Phi) is 3.17. The number of amides is 1. The van der Waals surface area contributed by atoms with Gasteiger partial charge in [0, 0.05) is 15.7 Å². The van der Waals surface area contributed by atoms with Crippen LogP contribution in [0.4, 0.5) is 20.2 Å². The predicted molar refractivity (Wildman–Crippen MR) is 75.5 cm³/mol. The van der Waals surface area contributed by atoms with Crippen molar-refractivity contribution in [2.24, 2.45) is 0 Å². The first-order valence-electron chi connectivity index (χ1n) is 5.86. The van der Waals surface area contributed by atoms with Crippen molar-refractivity contribution in [1.29, 1.82) is 0 Å². The van der Waals surface area contributed by atoms with E-state index in [1.54, 1.807) is 6.07 Å². The number of anilines is 2. The molecule has 2 N–H and O–H groups in total. The van der Waals surface area contributed by atoms with E-state index in [0.29, 0.717) is 15.7 Å². The van der Waals surface area contributed by atoms with E-state index in [0.717, 1.165) is 0 Å². The normalized spacial score (nSPS) is 16.8. The number of nitrogens with one attached hydrogen (secondary N) is 2. The minimum atomic E-state index is -0.735. The molecule has 3 rings (SSSR count). The van der Waals surface area contributed by atoms with Gasteiger partial charge in [-0.25, -0.2) is 8.78 Å². The molecule has 1 atom stereocenters. The van der Waals surface area contributed by atoms with E-state index in [9.17, 15) is 13.6 Å². The van der Waals surface area contributed by atoms with E-state index >= 15 is 0 Å². The largest absolute Gasteiger partial charge is 0.368 e. The molecule has 102 valence electrons. The molecule has 0 aliphatic carbocycles. The Hall–Kier alpha value is -1.95. The van der Waals surface area contributed by atoms with Gasteiger partial charge >= 0.3 is 0 Å². The zero-order chi connectivity index (χ0) is 14.3. The van der Waals surface area contributed by atoms with Crippen LogP contribution in [-0.2, 0) is 4.79 Å². The van der Waals surface area contributed by atoms with Crippen LogP contribution in [-0.4, -0.2) is 5.91 Å². The first-order chi connectivity index (χ1) is 9.54. The Balaban J connectivity index is 1.94. The molecule has 0 spiro atoms. The molecule has 1 heterocycles. The van der Waals surface area contributed by atoms with Gasteiger partial charge in [-0.1, -0.05) is 22.0 Å². The molecule has 2 aromatic carbocycles. The van der Waals surface area contributed by atoms with Crippen LogP contribution in [0.3, 0.4) is 0 Å². The summed E-state index contributed by atoms with van der Waals surface area (Å²) in [5.41, 5.74) is 1.22. The molecule has 0 aromatic heterocycles. The third-order valence-electron chi connectivity index (χ3n) is 3.08. The van der Waals surface area contributed by atoms with Gasteiger partial charge < -0.3 is 10.6 Å². The minimum absolute atomic E-state index is 0.213. The Labute approximate surface area is 122 Å². The van der Waals surface area contributed by atoms with Crippen molar-refractivity contribution in [2.75, 3.05) is 10.6 Å². The van der Waals surface area contributed by atoms with Crippen molar-refractivity contribution >= 4 is 33.2 Å². The van der Waals surface area contributed by atoms with E-state index in [-0.39, 0.29) is 11.6 Å². The topological polar surface area (TPSA) is 41.1 Å². The molecule has 2 aromatic rings. The van der Waals surface area contributed by atoms with Crippen LogP contribution < -0.4 is 10.6 Å². The van der Waals surface area contributed by atoms with Crippen LogP contribution in [0, 0.1) is 11.6 Å². The van der Waals surface area contributed by atoms with Crippen LogP contribution in [0.2, 0.25) is 0 Å². The van der Waals surface area contributed by atoms with E-state index in [1.807, 2.05) is 0 Å². The Bertz CT molecular complexity index is 706. The lowest BCUT2D eigenvalue weighted by Crippen LogP contribution is -2.20. The smallest absolute Gasteiger partial charge is 0.251 e. The van der Waals surface area contributed by atoms with Crippen LogP contribution in [0.25, 0.3) is 0 Å². The SMILES string of the molecule is O=C1Nc2cc(F)ccc2C1Nc1ccc(Br)cc1F. The summed E-state index contributed by atoms with van der Waals surface area (Å²) in [6.07, 6.45) is 0. The molecule has 1 aliphatic rings. The molecule has 0 bridgehead atoms. The number of halogens is 3. The van der Waals surface area contributed by atoms with E-state index in [2.05, 4.69) is 26.6 Å². The zero-order valence-corrected chi connectivity index (χ0v) is 11.7. The maximum absolute atomic E-state index is 13.8. The highest BCUT2D eigenvalue weighted by atomic mass is 79.9. The Morgan fingerprint density at radius 3 is 2.70 bits per heavy atom. The van der Waals surface area contributed by atoms with Crippen LogP contribution in [0.1, 0.15) is 11.6 Å². The van der Waals surface area contributed by atoms with Crippen molar-refractivity contribution in [1.82, 2.24) is 0 Å². The van der Waals surface area contributed by atoms with E-state index in [4.69, 9.17) is 0 Å². The second-order valence-electron chi connectivity index (χ2n) is 4.42. The Morgan fingerprint density at radius 1 is 1.15 bits per heavy atom. The summed E-state index contributed by atoms with van der Waals surface area (Å²) in [4.78, 5) is 11.9. The molecule has 1 aliphatic heterocycles. The maximum Gasteiger partial charge on any atom is 0.251 e. The van der Waals surface area contributed by atoms with Gasteiger partial charge in [-0.15, -0.1) is 0 Å². The second kappa shape index (κ2) is 4.86. The van der Waals surface area contributed by atoms with E-state index < -0.39 is 17.7 Å². The fraction of sp³-hybridized carbons (Fsp3) is 0.0714. The molecule has 0 radical (unpaired) electrons. The number of hydrogen-bond donors (Lipinski definition) is 2. The summed E-state index contributed by atoms with van der Waals surface area (Å²) in [6, 6.07) is 7.80. The molecular weight excluding hydrogens is 330 g/mol. The van der Waals surface area contributed by atoms with Gasteiger partial charge in [0.1, 0.15) is 17.7 Å².